The summed E-state index contributed by atoms with van der Waals surface area (Å²) in [5.74, 6) is -2.93. The minimum atomic E-state index is -4.77. The van der Waals surface area contributed by atoms with Crippen LogP contribution in [0, 0.1) is 0 Å². The van der Waals surface area contributed by atoms with Crippen LogP contribution in [0.25, 0.3) is 22.1 Å². The highest BCUT2D eigenvalue weighted by Crippen LogP contribution is 2.40. The smallest absolute Gasteiger partial charge is 0.420 e. The topological polar surface area (TPSA) is 99.8 Å². The fraction of sp³-hybridized carbons (Fsp3) is 0.318. The number of rotatable bonds is 5. The molecule has 0 spiro atoms. The molecule has 2 heterocycles. The van der Waals surface area contributed by atoms with Gasteiger partial charge >= 0.3 is 12.3 Å². The molecular formula is C22H19F5N2O5S. The highest BCUT2D eigenvalue weighted by Gasteiger charge is 2.39. The van der Waals surface area contributed by atoms with Gasteiger partial charge in [-0.05, 0) is 41.5 Å². The van der Waals surface area contributed by atoms with Crippen molar-refractivity contribution >= 4 is 27.1 Å². The number of benzene rings is 2. The Morgan fingerprint density at radius 3 is 2.26 bits per heavy atom. The Morgan fingerprint density at radius 1 is 1.06 bits per heavy atom. The fourth-order valence-corrected chi connectivity index (χ4v) is 5.30. The van der Waals surface area contributed by atoms with Crippen molar-refractivity contribution in [2.24, 2.45) is 0 Å². The van der Waals surface area contributed by atoms with Crippen LogP contribution in [-0.2, 0) is 22.7 Å². The number of alkyl halides is 5. The van der Waals surface area contributed by atoms with E-state index in [2.05, 4.69) is 0 Å². The van der Waals surface area contributed by atoms with Crippen LogP contribution in [0.2, 0.25) is 0 Å². The van der Waals surface area contributed by atoms with Gasteiger partial charge in [-0.1, -0.05) is 12.1 Å². The Labute approximate surface area is 196 Å². The standard InChI is InChI=1S/C22H19F5N2O5S/c23-21(24)5-7-29(8-6-21)35(32,33)17-3-1-13(2-4-17)14-9-15-10-16(12-28-20(30)31)34-19(15)18(11-14)22(25,26)27/h1-4,9-11,28H,5-8,12H2,(H,30,31). The van der Waals surface area contributed by atoms with Crippen LogP contribution in [0.1, 0.15) is 24.2 Å². The van der Waals surface area contributed by atoms with E-state index in [0.29, 0.717) is 0 Å². The van der Waals surface area contributed by atoms with Crippen molar-refractivity contribution < 1.29 is 44.7 Å². The van der Waals surface area contributed by atoms with Gasteiger partial charge in [0.1, 0.15) is 11.3 Å². The first kappa shape index (κ1) is 24.9. The highest BCUT2D eigenvalue weighted by atomic mass is 32.2. The Balaban J connectivity index is 1.67. The molecule has 1 aromatic heterocycles. The Hall–Kier alpha value is -3.19. The molecule has 0 aliphatic carbocycles. The van der Waals surface area contributed by atoms with Gasteiger partial charge in [-0.15, -0.1) is 0 Å². The molecule has 0 atom stereocenters. The third-order valence-electron chi connectivity index (χ3n) is 5.67. The average Bonchev–Trinajstić information content (AvgIpc) is 3.19. The lowest BCUT2D eigenvalue weighted by atomic mass is 10.0. The van der Waals surface area contributed by atoms with E-state index in [1.165, 1.54) is 36.4 Å². The first-order valence-corrected chi connectivity index (χ1v) is 11.8. The molecule has 0 unspecified atom stereocenters. The van der Waals surface area contributed by atoms with E-state index < -0.39 is 52.2 Å². The second-order valence-electron chi connectivity index (χ2n) is 8.10. The average molecular weight is 518 g/mol. The molecule has 0 saturated carbocycles. The van der Waals surface area contributed by atoms with E-state index in [-0.39, 0.29) is 46.8 Å². The zero-order valence-corrected chi connectivity index (χ0v) is 18.7. The van der Waals surface area contributed by atoms with Crippen molar-refractivity contribution in [3.63, 3.8) is 0 Å². The van der Waals surface area contributed by atoms with Crippen molar-refractivity contribution in [2.45, 2.75) is 36.4 Å². The lowest BCUT2D eigenvalue weighted by Gasteiger charge is -2.30. The number of hydrogen-bond donors (Lipinski definition) is 2. The van der Waals surface area contributed by atoms with E-state index in [1.807, 2.05) is 5.32 Å². The summed E-state index contributed by atoms with van der Waals surface area (Å²) >= 11 is 0. The number of carboxylic acid groups (broad SMARTS) is 1. The second kappa shape index (κ2) is 8.79. The van der Waals surface area contributed by atoms with Gasteiger partial charge in [-0.2, -0.15) is 17.5 Å². The van der Waals surface area contributed by atoms with Crippen molar-refractivity contribution in [3.05, 3.63) is 53.8 Å². The van der Waals surface area contributed by atoms with Gasteiger partial charge in [0.2, 0.25) is 10.0 Å². The zero-order chi connectivity index (χ0) is 25.6. The van der Waals surface area contributed by atoms with Crippen LogP contribution in [0.15, 0.2) is 51.8 Å². The quantitative estimate of drug-likeness (QED) is 0.446. The van der Waals surface area contributed by atoms with Gasteiger partial charge in [-0.25, -0.2) is 22.0 Å². The lowest BCUT2D eigenvalue weighted by molar-refractivity contribution is -0.136. The molecule has 1 saturated heterocycles. The number of furan rings is 1. The number of nitrogens with one attached hydrogen (secondary N) is 1. The molecule has 2 aromatic carbocycles. The van der Waals surface area contributed by atoms with Crippen molar-refractivity contribution in [2.75, 3.05) is 13.1 Å². The van der Waals surface area contributed by atoms with Gasteiger partial charge in [0.15, 0.2) is 0 Å². The molecule has 1 aliphatic rings. The Kier molecular flexibility index (Phi) is 6.26. The van der Waals surface area contributed by atoms with Gasteiger partial charge in [0, 0.05) is 31.3 Å². The SMILES string of the molecule is O=C(O)NCc1cc2cc(-c3ccc(S(=O)(=O)N4CCC(F)(F)CC4)cc3)cc(C(F)(F)F)c2o1. The summed E-state index contributed by atoms with van der Waals surface area (Å²) in [6.07, 6.45) is -7.31. The van der Waals surface area contributed by atoms with Crippen LogP contribution in [-0.4, -0.2) is 42.9 Å². The summed E-state index contributed by atoms with van der Waals surface area (Å²) in [5, 5.41) is 10.8. The maximum atomic E-state index is 13.7. The number of carbonyl (C=O) groups is 1. The third-order valence-corrected chi connectivity index (χ3v) is 7.58. The van der Waals surface area contributed by atoms with Gasteiger partial charge in [0.05, 0.1) is 17.0 Å². The molecule has 0 bridgehead atoms. The molecule has 4 rings (SSSR count). The summed E-state index contributed by atoms with van der Waals surface area (Å²) < 4.78 is 99.7. The maximum Gasteiger partial charge on any atom is 0.420 e. The highest BCUT2D eigenvalue weighted by molar-refractivity contribution is 7.89. The van der Waals surface area contributed by atoms with Crippen molar-refractivity contribution in [3.8, 4) is 11.1 Å². The minimum absolute atomic E-state index is 0.0152. The van der Waals surface area contributed by atoms with Crippen molar-refractivity contribution in [1.29, 1.82) is 0 Å². The number of amides is 1. The molecule has 1 amide bonds. The molecule has 13 heteroatoms. The van der Waals surface area contributed by atoms with Crippen LogP contribution < -0.4 is 5.32 Å². The monoisotopic (exact) mass is 518 g/mol. The molecule has 35 heavy (non-hydrogen) atoms. The van der Waals surface area contributed by atoms with Gasteiger partial charge in [0.25, 0.3) is 5.92 Å². The fourth-order valence-electron chi connectivity index (χ4n) is 3.86. The molecular weight excluding hydrogens is 499 g/mol. The van der Waals surface area contributed by atoms with Crippen molar-refractivity contribution in [1.82, 2.24) is 9.62 Å². The number of nitrogens with zero attached hydrogens (tertiary/aromatic N) is 1. The largest absolute Gasteiger partial charge is 0.465 e. The molecule has 3 aromatic rings. The minimum Gasteiger partial charge on any atom is -0.465 e. The summed E-state index contributed by atoms with van der Waals surface area (Å²) in [5.41, 5.74) is -1.11. The lowest BCUT2D eigenvalue weighted by Crippen LogP contribution is -2.42. The van der Waals surface area contributed by atoms with Crippen LogP contribution in [0.5, 0.6) is 0 Å². The molecule has 188 valence electrons. The predicted octanol–water partition coefficient (Wildman–Crippen LogP) is 5.31. The number of sulfonamides is 1. The van der Waals surface area contributed by atoms with E-state index in [0.717, 1.165) is 10.4 Å². The van der Waals surface area contributed by atoms with E-state index in [4.69, 9.17) is 9.52 Å². The number of fused-ring (bicyclic) bond motifs is 1. The van der Waals surface area contributed by atoms with Crippen LogP contribution in [0.4, 0.5) is 26.7 Å². The predicted molar refractivity (Wildman–Crippen MR) is 114 cm³/mol. The maximum absolute atomic E-state index is 13.7. The molecule has 0 radical (unpaired) electrons. The first-order chi connectivity index (χ1) is 16.3. The van der Waals surface area contributed by atoms with Gasteiger partial charge in [-0.3, -0.25) is 0 Å². The van der Waals surface area contributed by atoms with E-state index in [9.17, 15) is 35.2 Å². The number of halogens is 5. The number of hydrogen-bond acceptors (Lipinski definition) is 4. The second-order valence-corrected chi connectivity index (χ2v) is 10.0. The van der Waals surface area contributed by atoms with Crippen LogP contribution in [0.3, 0.4) is 0 Å². The normalized spacial score (nSPS) is 16.9. The Morgan fingerprint density at radius 2 is 1.69 bits per heavy atom. The zero-order valence-electron chi connectivity index (χ0n) is 17.9. The Bertz CT molecular complexity index is 1360. The van der Waals surface area contributed by atoms with Gasteiger partial charge < -0.3 is 14.8 Å². The summed E-state index contributed by atoms with van der Waals surface area (Å²) in [6, 6.07) is 8.65. The van der Waals surface area contributed by atoms with Crippen LogP contribution >= 0.6 is 0 Å². The molecule has 1 fully saturated rings. The summed E-state index contributed by atoms with van der Waals surface area (Å²) in [7, 11) is -4.04. The van der Waals surface area contributed by atoms with E-state index in [1.54, 1.807) is 0 Å². The first-order valence-electron chi connectivity index (χ1n) is 10.4. The van der Waals surface area contributed by atoms with E-state index >= 15 is 0 Å². The third kappa shape index (κ3) is 5.25. The summed E-state index contributed by atoms with van der Waals surface area (Å²) in [6.45, 7) is -0.990. The summed E-state index contributed by atoms with van der Waals surface area (Å²) in [4.78, 5) is 10.5. The molecule has 2 N–H and O–H groups in total. The molecule has 7 nitrogen and oxygen atoms in total. The number of piperidine rings is 1. The molecule has 1 aliphatic heterocycles.